The van der Waals surface area contributed by atoms with Crippen LogP contribution < -0.4 is 4.90 Å². The molecule has 0 aromatic carbocycles. The van der Waals surface area contributed by atoms with Gasteiger partial charge in [-0.1, -0.05) is 0 Å². The van der Waals surface area contributed by atoms with Crippen LogP contribution in [0, 0.1) is 5.92 Å². The van der Waals surface area contributed by atoms with Crippen LogP contribution in [-0.4, -0.2) is 42.2 Å². The number of ether oxygens (including phenoxy) is 1. The highest BCUT2D eigenvalue weighted by molar-refractivity contribution is 7.10. The Morgan fingerprint density at radius 1 is 1.33 bits per heavy atom. The Balaban J connectivity index is 1.32. The summed E-state index contributed by atoms with van der Waals surface area (Å²) >= 11 is 1.81. The lowest BCUT2D eigenvalue weighted by Crippen LogP contribution is -2.52. The quantitative estimate of drug-likeness (QED) is 0.803. The predicted octanol–water partition coefficient (Wildman–Crippen LogP) is 4.04. The molecule has 2 aromatic rings. The molecular formula is C21H25N3O2S. The SMILES string of the molecule is O=C(N1CCC2(CC1)OCCc1ccsc12)N(CC1CC1)c1cccnc1. The van der Waals surface area contributed by atoms with Crippen LogP contribution >= 0.6 is 11.3 Å². The average Bonchev–Trinajstić information content (AvgIpc) is 3.40. The number of hydrogen-bond acceptors (Lipinski definition) is 4. The maximum absolute atomic E-state index is 13.3. The molecule has 0 radical (unpaired) electrons. The normalized spacial score (nSPS) is 21.1. The van der Waals surface area contributed by atoms with Gasteiger partial charge in [0.2, 0.25) is 0 Å². The van der Waals surface area contributed by atoms with Gasteiger partial charge in [0.15, 0.2) is 0 Å². The molecule has 1 saturated heterocycles. The van der Waals surface area contributed by atoms with Crippen molar-refractivity contribution in [3.8, 4) is 0 Å². The molecule has 27 heavy (non-hydrogen) atoms. The summed E-state index contributed by atoms with van der Waals surface area (Å²) in [4.78, 5) is 22.9. The highest BCUT2D eigenvalue weighted by Gasteiger charge is 2.43. The second kappa shape index (κ2) is 6.91. The lowest BCUT2D eigenvalue weighted by atomic mass is 9.85. The maximum atomic E-state index is 13.3. The van der Waals surface area contributed by atoms with Gasteiger partial charge in [0.25, 0.3) is 0 Å². The van der Waals surface area contributed by atoms with E-state index in [0.29, 0.717) is 5.92 Å². The molecule has 2 aliphatic heterocycles. The largest absolute Gasteiger partial charge is 0.369 e. The van der Waals surface area contributed by atoms with Crippen molar-refractivity contribution in [1.82, 2.24) is 9.88 Å². The molecule has 2 fully saturated rings. The van der Waals surface area contributed by atoms with Crippen LogP contribution in [0.15, 0.2) is 36.0 Å². The van der Waals surface area contributed by atoms with Gasteiger partial charge in [-0.2, -0.15) is 0 Å². The van der Waals surface area contributed by atoms with E-state index in [2.05, 4.69) is 16.4 Å². The molecule has 0 N–H and O–H groups in total. The number of anilines is 1. The molecular weight excluding hydrogens is 358 g/mol. The number of urea groups is 1. The fourth-order valence-corrected chi connectivity index (χ4v) is 5.49. The number of aromatic nitrogens is 1. The zero-order valence-corrected chi connectivity index (χ0v) is 16.3. The Bertz CT molecular complexity index is 810. The predicted molar refractivity (Wildman–Crippen MR) is 106 cm³/mol. The number of piperidine rings is 1. The van der Waals surface area contributed by atoms with Gasteiger partial charge in [0.05, 0.1) is 18.5 Å². The van der Waals surface area contributed by atoms with Crippen molar-refractivity contribution in [1.29, 1.82) is 0 Å². The van der Waals surface area contributed by atoms with E-state index in [1.54, 1.807) is 12.4 Å². The molecule has 0 unspecified atom stereocenters. The average molecular weight is 384 g/mol. The van der Waals surface area contributed by atoms with Crippen LogP contribution in [0.5, 0.6) is 0 Å². The van der Waals surface area contributed by atoms with Crippen LogP contribution in [-0.2, 0) is 16.8 Å². The van der Waals surface area contributed by atoms with Gasteiger partial charge in [-0.05, 0) is 67.2 Å². The van der Waals surface area contributed by atoms with Crippen molar-refractivity contribution >= 4 is 23.1 Å². The maximum Gasteiger partial charge on any atom is 0.324 e. The highest BCUT2D eigenvalue weighted by atomic mass is 32.1. The van der Waals surface area contributed by atoms with E-state index in [-0.39, 0.29) is 11.6 Å². The molecule has 5 nitrogen and oxygen atoms in total. The van der Waals surface area contributed by atoms with Crippen molar-refractivity contribution in [3.05, 3.63) is 46.4 Å². The van der Waals surface area contributed by atoms with E-state index >= 15 is 0 Å². The van der Waals surface area contributed by atoms with E-state index in [1.165, 1.54) is 23.3 Å². The number of fused-ring (bicyclic) bond motifs is 2. The zero-order valence-electron chi connectivity index (χ0n) is 15.5. The number of hydrogen-bond donors (Lipinski definition) is 0. The van der Waals surface area contributed by atoms with Crippen molar-refractivity contribution < 1.29 is 9.53 Å². The summed E-state index contributed by atoms with van der Waals surface area (Å²) < 4.78 is 6.29. The van der Waals surface area contributed by atoms with E-state index < -0.39 is 0 Å². The minimum Gasteiger partial charge on any atom is -0.369 e. The Morgan fingerprint density at radius 3 is 2.93 bits per heavy atom. The number of likely N-dealkylation sites (tertiary alicyclic amines) is 1. The molecule has 1 aliphatic carbocycles. The molecule has 0 atom stereocenters. The topological polar surface area (TPSA) is 45.7 Å². The van der Waals surface area contributed by atoms with Crippen LogP contribution in [0.4, 0.5) is 10.5 Å². The molecule has 3 aliphatic rings. The number of pyridine rings is 1. The van der Waals surface area contributed by atoms with Crippen molar-refractivity contribution in [2.45, 2.75) is 37.7 Å². The first-order valence-electron chi connectivity index (χ1n) is 9.92. The summed E-state index contributed by atoms with van der Waals surface area (Å²) in [5.74, 6) is 0.639. The van der Waals surface area contributed by atoms with Crippen LogP contribution in [0.2, 0.25) is 0 Å². The number of amides is 2. The smallest absolute Gasteiger partial charge is 0.324 e. The van der Waals surface area contributed by atoms with Crippen molar-refractivity contribution in [3.63, 3.8) is 0 Å². The molecule has 5 rings (SSSR count). The molecule has 1 saturated carbocycles. The molecule has 4 heterocycles. The standard InChI is InChI=1S/C21H25N3O2S/c25-20(24(15-16-3-4-16)18-2-1-9-22-14-18)23-10-7-21(8-11-23)19-17(5-12-26-21)6-13-27-19/h1-2,6,9,13-14,16H,3-5,7-8,10-12,15H2. The summed E-state index contributed by atoms with van der Waals surface area (Å²) in [6.07, 6.45) is 8.79. The number of nitrogens with zero attached hydrogens (tertiary/aromatic N) is 3. The fraction of sp³-hybridized carbons (Fsp3) is 0.524. The van der Waals surface area contributed by atoms with Gasteiger partial charge in [0, 0.05) is 30.7 Å². The Hall–Kier alpha value is -1.92. The lowest BCUT2D eigenvalue weighted by molar-refractivity contribution is -0.0894. The first-order valence-corrected chi connectivity index (χ1v) is 10.8. The van der Waals surface area contributed by atoms with Gasteiger partial charge < -0.3 is 9.64 Å². The first kappa shape index (κ1) is 17.2. The fourth-order valence-electron chi connectivity index (χ4n) is 4.32. The monoisotopic (exact) mass is 383 g/mol. The van der Waals surface area contributed by atoms with E-state index in [0.717, 1.165) is 51.2 Å². The Kier molecular flexibility index (Phi) is 4.40. The summed E-state index contributed by atoms with van der Waals surface area (Å²) in [5.41, 5.74) is 2.18. The summed E-state index contributed by atoms with van der Waals surface area (Å²) in [7, 11) is 0. The number of thiophene rings is 1. The van der Waals surface area contributed by atoms with Gasteiger partial charge in [-0.3, -0.25) is 9.88 Å². The molecule has 0 bridgehead atoms. The van der Waals surface area contributed by atoms with Crippen LogP contribution in [0.3, 0.4) is 0 Å². The summed E-state index contributed by atoms with van der Waals surface area (Å²) in [5, 5.41) is 2.18. The Labute approximate surface area is 164 Å². The molecule has 2 aromatic heterocycles. The van der Waals surface area contributed by atoms with Gasteiger partial charge in [-0.15, -0.1) is 11.3 Å². The highest BCUT2D eigenvalue weighted by Crippen LogP contribution is 2.44. The third kappa shape index (κ3) is 3.25. The van der Waals surface area contributed by atoms with Crippen LogP contribution in [0.25, 0.3) is 0 Å². The van der Waals surface area contributed by atoms with Gasteiger partial charge >= 0.3 is 6.03 Å². The molecule has 142 valence electrons. The first-order chi connectivity index (χ1) is 13.3. The van der Waals surface area contributed by atoms with Gasteiger partial charge in [-0.25, -0.2) is 4.79 Å². The van der Waals surface area contributed by atoms with Gasteiger partial charge in [0.1, 0.15) is 5.60 Å². The van der Waals surface area contributed by atoms with Crippen molar-refractivity contribution in [2.75, 3.05) is 31.1 Å². The van der Waals surface area contributed by atoms with Crippen molar-refractivity contribution in [2.24, 2.45) is 5.92 Å². The second-order valence-electron chi connectivity index (χ2n) is 7.90. The minimum atomic E-state index is -0.172. The second-order valence-corrected chi connectivity index (χ2v) is 8.82. The lowest BCUT2D eigenvalue weighted by Gasteiger charge is -2.44. The van der Waals surface area contributed by atoms with Crippen LogP contribution in [0.1, 0.15) is 36.1 Å². The minimum absolute atomic E-state index is 0.118. The third-order valence-corrected chi connectivity index (χ3v) is 7.22. The van der Waals surface area contributed by atoms with E-state index in [1.807, 2.05) is 33.3 Å². The van der Waals surface area contributed by atoms with E-state index in [4.69, 9.17) is 4.74 Å². The molecule has 1 spiro atoms. The summed E-state index contributed by atoms with van der Waals surface area (Å²) in [6.45, 7) is 3.09. The molecule has 2 amide bonds. The Morgan fingerprint density at radius 2 is 2.19 bits per heavy atom. The summed E-state index contributed by atoms with van der Waals surface area (Å²) in [6, 6.07) is 6.25. The number of rotatable bonds is 3. The number of carbonyl (C=O) groups excluding carboxylic acids is 1. The zero-order chi connectivity index (χ0) is 18.3. The molecule has 6 heteroatoms. The number of carbonyl (C=O) groups is 1. The van der Waals surface area contributed by atoms with E-state index in [9.17, 15) is 4.79 Å². The third-order valence-electron chi connectivity index (χ3n) is 6.08.